The molecule has 1 aliphatic carbocycles. The number of carbonyl (C=O) groups excluding carboxylic acids is 1. The van der Waals surface area contributed by atoms with Crippen molar-refractivity contribution in [3.8, 4) is 0 Å². The van der Waals surface area contributed by atoms with Crippen LogP contribution in [0, 0.1) is 32.0 Å². The smallest absolute Gasteiger partial charge is 0.409 e. The van der Waals surface area contributed by atoms with Crippen molar-refractivity contribution in [1.29, 1.82) is 0 Å². The molecule has 1 heterocycles. The summed E-state index contributed by atoms with van der Waals surface area (Å²) in [6.07, 6.45) is 1.37. The minimum absolute atomic E-state index is 0.130. The van der Waals surface area contributed by atoms with Gasteiger partial charge >= 0.3 is 13.0 Å². The average molecular weight is 506 g/mol. The number of rotatable bonds is 4. The lowest BCUT2D eigenvalue weighted by Gasteiger charge is -2.39. The van der Waals surface area contributed by atoms with Crippen LogP contribution < -0.4 is 15.5 Å². The van der Waals surface area contributed by atoms with Crippen LogP contribution in [0.5, 0.6) is 0 Å². The van der Waals surface area contributed by atoms with E-state index >= 15 is 0 Å². The van der Waals surface area contributed by atoms with Gasteiger partial charge in [0, 0.05) is 23.3 Å². The van der Waals surface area contributed by atoms with E-state index < -0.39 is 5.41 Å². The van der Waals surface area contributed by atoms with Crippen molar-refractivity contribution in [2.75, 3.05) is 17.1 Å². The Kier molecular flexibility index (Phi) is 5.75. The molecule has 4 aromatic rings. The summed E-state index contributed by atoms with van der Waals surface area (Å²) in [7, 11) is 1.48. The van der Waals surface area contributed by atoms with Crippen LogP contribution in [-0.4, -0.2) is 20.1 Å². The molecule has 0 radical (unpaired) electrons. The van der Waals surface area contributed by atoms with Gasteiger partial charge in [0.2, 0.25) is 0 Å². The quantitative estimate of drug-likeness (QED) is 0.272. The number of nitrogens with one attached hydrogen (secondary N) is 1. The van der Waals surface area contributed by atoms with Crippen molar-refractivity contribution in [2.24, 2.45) is 5.41 Å². The Morgan fingerprint density at radius 1 is 0.974 bits per heavy atom. The zero-order valence-corrected chi connectivity index (χ0v) is 22.6. The highest BCUT2D eigenvalue weighted by molar-refractivity contribution is 6.81. The Bertz CT molecular complexity index is 1590. The second-order valence-corrected chi connectivity index (χ2v) is 11.1. The normalized spacial score (nSPS) is 17.9. The van der Waals surface area contributed by atoms with E-state index in [1.54, 1.807) is 0 Å². The highest BCUT2D eigenvalue weighted by Crippen LogP contribution is 2.43. The van der Waals surface area contributed by atoms with Gasteiger partial charge in [-0.3, -0.25) is 4.79 Å². The molecule has 6 rings (SSSR count). The predicted octanol–water partition coefficient (Wildman–Crippen LogP) is 6.01. The van der Waals surface area contributed by atoms with Crippen molar-refractivity contribution >= 4 is 40.6 Å². The van der Waals surface area contributed by atoms with Gasteiger partial charge in [0.1, 0.15) is 5.82 Å². The van der Waals surface area contributed by atoms with Gasteiger partial charge in [0.15, 0.2) is 0 Å². The molecule has 0 fully saturated rings. The maximum absolute atomic E-state index is 13.8. The third-order valence-corrected chi connectivity index (χ3v) is 8.79. The molecule has 0 saturated carbocycles. The summed E-state index contributed by atoms with van der Waals surface area (Å²) >= 11 is 0. The molecule has 4 nitrogen and oxygen atoms in total. The summed E-state index contributed by atoms with van der Waals surface area (Å²) in [5.74, 6) is -0.384. The lowest BCUT2D eigenvalue weighted by Crippen LogP contribution is -2.57. The molecule has 0 aromatic heterocycles. The number of carbonyl (C=O) groups is 1. The Morgan fingerprint density at radius 2 is 1.63 bits per heavy atom. The van der Waals surface area contributed by atoms with Gasteiger partial charge in [-0.1, -0.05) is 36.4 Å². The first kappa shape index (κ1) is 24.5. The first-order chi connectivity index (χ1) is 18.2. The topological polar surface area (TPSA) is 41.6 Å². The lowest BCUT2D eigenvalue weighted by atomic mass is 9.59. The Labute approximate surface area is 223 Å². The van der Waals surface area contributed by atoms with Crippen LogP contribution in [0.4, 0.5) is 15.8 Å². The minimum atomic E-state index is -0.552. The van der Waals surface area contributed by atoms with Crippen molar-refractivity contribution in [3.05, 3.63) is 99.9 Å². The maximum atomic E-state index is 13.8. The first-order valence-electron chi connectivity index (χ1n) is 13.2. The van der Waals surface area contributed by atoms with E-state index in [1.165, 1.54) is 63.3 Å². The number of nitrogens with zero attached hydrogens (tertiary/aromatic N) is 1. The molecule has 38 heavy (non-hydrogen) atoms. The van der Waals surface area contributed by atoms with Gasteiger partial charge in [-0.25, -0.2) is 4.39 Å². The Morgan fingerprint density at radius 3 is 2.32 bits per heavy atom. The highest BCUT2D eigenvalue weighted by atomic mass is 19.1. The molecular formula is C32H32BFN2O2. The monoisotopic (exact) mass is 506 g/mol. The highest BCUT2D eigenvalue weighted by Gasteiger charge is 2.44. The first-order valence-corrected chi connectivity index (χ1v) is 13.2. The van der Waals surface area contributed by atoms with Crippen LogP contribution in [0.2, 0.25) is 0 Å². The van der Waals surface area contributed by atoms with E-state index in [-0.39, 0.29) is 18.8 Å². The third-order valence-electron chi connectivity index (χ3n) is 8.79. The number of methoxy groups -OCH3 is 1. The Hall–Kier alpha value is -3.80. The van der Waals surface area contributed by atoms with Crippen LogP contribution in [0.1, 0.15) is 40.3 Å². The summed E-state index contributed by atoms with van der Waals surface area (Å²) < 4.78 is 19.0. The number of ether oxygens (including phenoxy) is 1. The molecular weight excluding hydrogens is 474 g/mol. The molecule has 1 atom stereocenters. The summed E-state index contributed by atoms with van der Waals surface area (Å²) in [6, 6.07) is 19.6. The fourth-order valence-corrected chi connectivity index (χ4v) is 6.68. The maximum Gasteiger partial charge on any atom is 0.409 e. The molecule has 1 unspecified atom stereocenters. The van der Waals surface area contributed by atoms with Gasteiger partial charge in [-0.15, -0.1) is 0 Å². The number of halogens is 1. The summed E-state index contributed by atoms with van der Waals surface area (Å²) in [6.45, 7) is 9.09. The molecule has 2 aliphatic rings. The van der Waals surface area contributed by atoms with E-state index in [0.717, 1.165) is 16.9 Å². The zero-order chi connectivity index (χ0) is 26.8. The second kappa shape index (κ2) is 8.90. The third kappa shape index (κ3) is 3.69. The van der Waals surface area contributed by atoms with E-state index in [2.05, 4.69) is 67.2 Å². The molecule has 192 valence electrons. The fourth-order valence-electron chi connectivity index (χ4n) is 6.68. The molecule has 0 spiro atoms. The second-order valence-electron chi connectivity index (χ2n) is 11.1. The lowest BCUT2D eigenvalue weighted by molar-refractivity contribution is -0.151. The van der Waals surface area contributed by atoms with Crippen molar-refractivity contribution in [1.82, 2.24) is 0 Å². The van der Waals surface area contributed by atoms with Crippen molar-refractivity contribution in [3.63, 3.8) is 0 Å². The van der Waals surface area contributed by atoms with Gasteiger partial charge in [0.25, 0.3) is 0 Å². The molecule has 0 saturated heterocycles. The van der Waals surface area contributed by atoms with E-state index in [0.29, 0.717) is 19.4 Å². The van der Waals surface area contributed by atoms with Gasteiger partial charge in [0.05, 0.1) is 12.5 Å². The molecule has 4 aromatic carbocycles. The van der Waals surface area contributed by atoms with Crippen LogP contribution >= 0.6 is 0 Å². The van der Waals surface area contributed by atoms with E-state index in [4.69, 9.17) is 4.74 Å². The largest absolute Gasteiger partial charge is 0.469 e. The molecule has 0 bridgehead atoms. The van der Waals surface area contributed by atoms with Crippen LogP contribution in [0.25, 0.3) is 10.8 Å². The molecule has 1 aliphatic heterocycles. The number of hydrogen-bond acceptors (Lipinski definition) is 4. The average Bonchev–Trinajstić information content (AvgIpc) is 3.29. The minimum Gasteiger partial charge on any atom is -0.469 e. The van der Waals surface area contributed by atoms with Crippen LogP contribution in [0.3, 0.4) is 0 Å². The van der Waals surface area contributed by atoms with Gasteiger partial charge in [-0.2, -0.15) is 0 Å². The standard InChI is InChI=1S/C32H32BFN2O2/c1-19-20(2)30(21(3)26-17-32(4,16-25(19)26)31(37)38-5)33-35-27-10-6-8-23-9-7-11-28(29(23)27)36(33)18-22-12-14-24(34)15-13-22/h6-15,35H,16-18H2,1-5H3. The molecule has 6 heteroatoms. The number of esters is 1. The van der Waals surface area contributed by atoms with Crippen LogP contribution in [-0.2, 0) is 28.9 Å². The van der Waals surface area contributed by atoms with Crippen molar-refractivity contribution in [2.45, 2.75) is 47.1 Å². The predicted molar refractivity (Wildman–Crippen MR) is 154 cm³/mol. The summed E-state index contributed by atoms with van der Waals surface area (Å²) in [5, 5.41) is 6.25. The number of fused-ring (bicyclic) bond motifs is 1. The number of benzene rings is 4. The Balaban J connectivity index is 1.53. The summed E-state index contributed by atoms with van der Waals surface area (Å²) in [5.41, 5.74) is 10.2. The van der Waals surface area contributed by atoms with Crippen molar-refractivity contribution < 1.29 is 13.9 Å². The van der Waals surface area contributed by atoms with Gasteiger partial charge < -0.3 is 14.8 Å². The number of hydrogen-bond donors (Lipinski definition) is 1. The SMILES string of the molecule is COC(=O)C1(C)Cc2c(C)c(C)c(B3Nc4cccc5cccc(c45)N3Cc3ccc(F)cc3)c(C)c2C1. The van der Waals surface area contributed by atoms with E-state index in [9.17, 15) is 9.18 Å². The fraction of sp³-hybridized carbons (Fsp3) is 0.281. The number of anilines is 2. The van der Waals surface area contributed by atoms with E-state index in [1.807, 2.05) is 19.1 Å². The van der Waals surface area contributed by atoms with Gasteiger partial charge in [-0.05, 0) is 109 Å². The molecule has 0 amide bonds. The zero-order valence-electron chi connectivity index (χ0n) is 22.6. The summed E-state index contributed by atoms with van der Waals surface area (Å²) in [4.78, 5) is 15.2. The molecule has 1 N–H and O–H groups in total. The van der Waals surface area contributed by atoms with Crippen LogP contribution in [0.15, 0.2) is 60.7 Å².